The number of phenolic OH excluding ortho intramolecular Hbond substituents is 1. The number of hydrogen-bond donors (Lipinski definition) is 2. The highest BCUT2D eigenvalue weighted by Gasteiger charge is 2.32. The number of nitrogens with zero attached hydrogens (tertiary/aromatic N) is 3. The van der Waals surface area contributed by atoms with Gasteiger partial charge in [0.2, 0.25) is 11.2 Å². The van der Waals surface area contributed by atoms with Gasteiger partial charge in [0.15, 0.2) is 5.82 Å². The molecule has 25 heavy (non-hydrogen) atoms. The lowest BCUT2D eigenvalue weighted by atomic mass is 10.1. The van der Waals surface area contributed by atoms with Crippen LogP contribution in [0.3, 0.4) is 0 Å². The lowest BCUT2D eigenvalue weighted by Crippen LogP contribution is -2.23. The fraction of sp³-hybridized carbons (Fsp3) is 0.400. The number of aromatic hydroxyl groups is 1. The molecule has 0 saturated carbocycles. The zero-order chi connectivity index (χ0) is 18.1. The van der Waals surface area contributed by atoms with Gasteiger partial charge in [0, 0.05) is 11.6 Å². The maximum Gasteiger partial charge on any atom is 0.317 e. The molecular formula is C15H17FN4O4S. The summed E-state index contributed by atoms with van der Waals surface area (Å²) in [5, 5.41) is 10.3. The Hall–Kier alpha value is -2.49. The number of carbonyl (C=O) groups excluding carboxylic acids is 1. The monoisotopic (exact) mass is 368 g/mol. The number of aromatic nitrogens is 2. The van der Waals surface area contributed by atoms with E-state index in [1.54, 1.807) is 0 Å². The summed E-state index contributed by atoms with van der Waals surface area (Å²) in [6.45, 7) is 4.16. The van der Waals surface area contributed by atoms with Crippen molar-refractivity contribution in [1.82, 2.24) is 14.7 Å². The number of hydrogen-bond acceptors (Lipinski definition) is 6. The van der Waals surface area contributed by atoms with Gasteiger partial charge in [-0.15, -0.1) is 0 Å². The van der Waals surface area contributed by atoms with E-state index in [1.165, 1.54) is 12.3 Å². The zero-order valence-electron chi connectivity index (χ0n) is 13.7. The molecule has 2 N–H and O–H groups in total. The molecule has 0 radical (unpaired) electrons. The van der Waals surface area contributed by atoms with E-state index in [2.05, 4.69) is 14.7 Å². The van der Waals surface area contributed by atoms with Crippen molar-refractivity contribution in [3.05, 3.63) is 18.1 Å². The van der Waals surface area contributed by atoms with E-state index in [0.29, 0.717) is 12.5 Å². The fourth-order valence-electron chi connectivity index (χ4n) is 2.33. The number of carbonyl (C=O) groups is 1. The van der Waals surface area contributed by atoms with Crippen LogP contribution in [0.4, 0.5) is 10.1 Å². The van der Waals surface area contributed by atoms with Crippen LogP contribution in [0.5, 0.6) is 11.8 Å². The summed E-state index contributed by atoms with van der Waals surface area (Å²) in [5.41, 5.74) is -0.435. The number of anilines is 1. The van der Waals surface area contributed by atoms with Crippen LogP contribution in [-0.4, -0.2) is 38.3 Å². The Labute approximate surface area is 145 Å². The molecule has 1 fully saturated rings. The van der Waals surface area contributed by atoms with E-state index in [1.807, 2.05) is 13.8 Å². The van der Waals surface area contributed by atoms with E-state index < -0.39 is 28.6 Å². The molecule has 1 aliphatic heterocycles. The number of fused-ring (bicyclic) bond motifs is 1. The van der Waals surface area contributed by atoms with Crippen molar-refractivity contribution in [3.8, 4) is 11.8 Å². The Bertz CT molecular complexity index is 861. The Morgan fingerprint density at radius 1 is 1.52 bits per heavy atom. The SMILES string of the molecule is CC(C)CCOc1ncc2cc(O)c(N3CC(=O)NS3=O)c(F)c2n1. The standard InChI is InChI=1S/C15H17FN4O4S/c1-8(2)3-4-24-15-17-6-9-5-10(21)14(12(16)13(9)18-15)20-7-11(22)19-25(20)23/h5-6,8,21H,3-4,7H2,1-2H3,(H,19,22). The molecule has 1 aliphatic rings. The molecule has 0 aliphatic carbocycles. The Morgan fingerprint density at radius 2 is 2.28 bits per heavy atom. The first-order valence-electron chi connectivity index (χ1n) is 7.66. The van der Waals surface area contributed by atoms with Crippen molar-refractivity contribution < 1.29 is 23.2 Å². The molecule has 0 bridgehead atoms. The average Bonchev–Trinajstić information content (AvgIpc) is 2.86. The number of halogens is 1. The minimum absolute atomic E-state index is 0.0143. The summed E-state index contributed by atoms with van der Waals surface area (Å²) >= 11 is -1.96. The van der Waals surface area contributed by atoms with E-state index in [4.69, 9.17) is 4.74 Å². The van der Waals surface area contributed by atoms with Crippen molar-refractivity contribution >= 4 is 33.7 Å². The van der Waals surface area contributed by atoms with Gasteiger partial charge in [-0.05, 0) is 18.4 Å². The molecule has 1 saturated heterocycles. The maximum atomic E-state index is 14.9. The summed E-state index contributed by atoms with van der Waals surface area (Å²) in [7, 11) is 0. The first-order valence-corrected chi connectivity index (χ1v) is 8.77. The van der Waals surface area contributed by atoms with Crippen LogP contribution >= 0.6 is 0 Å². The number of rotatable bonds is 5. The highest BCUT2D eigenvalue weighted by atomic mass is 32.2. The summed E-state index contributed by atoms with van der Waals surface area (Å²) in [6.07, 6.45) is 2.13. The molecule has 2 heterocycles. The van der Waals surface area contributed by atoms with Gasteiger partial charge >= 0.3 is 6.01 Å². The molecule has 1 aromatic carbocycles. The normalized spacial score (nSPS) is 17.4. The highest BCUT2D eigenvalue weighted by molar-refractivity contribution is 7.85. The van der Waals surface area contributed by atoms with Gasteiger partial charge in [-0.1, -0.05) is 13.8 Å². The van der Waals surface area contributed by atoms with Crippen LogP contribution in [0.15, 0.2) is 12.3 Å². The topological polar surface area (TPSA) is 105 Å². The molecule has 10 heteroatoms. The lowest BCUT2D eigenvalue weighted by Gasteiger charge is -2.17. The molecule has 3 rings (SSSR count). The molecule has 2 aromatic rings. The van der Waals surface area contributed by atoms with Crippen LogP contribution in [-0.2, 0) is 16.0 Å². The van der Waals surface area contributed by atoms with Gasteiger partial charge in [0.25, 0.3) is 5.91 Å². The molecule has 8 nitrogen and oxygen atoms in total. The molecule has 0 spiro atoms. The van der Waals surface area contributed by atoms with Crippen LogP contribution in [0.1, 0.15) is 20.3 Å². The Morgan fingerprint density at radius 3 is 2.92 bits per heavy atom. The van der Waals surface area contributed by atoms with Crippen LogP contribution in [0.25, 0.3) is 10.9 Å². The second kappa shape index (κ2) is 6.79. The van der Waals surface area contributed by atoms with Crippen molar-refractivity contribution in [1.29, 1.82) is 0 Å². The third-order valence-electron chi connectivity index (χ3n) is 3.61. The predicted molar refractivity (Wildman–Crippen MR) is 89.7 cm³/mol. The molecule has 134 valence electrons. The molecule has 1 atom stereocenters. The van der Waals surface area contributed by atoms with E-state index in [9.17, 15) is 18.5 Å². The van der Waals surface area contributed by atoms with Crippen molar-refractivity contribution in [3.63, 3.8) is 0 Å². The Kier molecular flexibility index (Phi) is 4.71. The second-order valence-electron chi connectivity index (χ2n) is 5.99. The first-order chi connectivity index (χ1) is 11.9. The quantitative estimate of drug-likeness (QED) is 0.827. The second-order valence-corrected chi connectivity index (χ2v) is 7.13. The third kappa shape index (κ3) is 3.48. The van der Waals surface area contributed by atoms with Gasteiger partial charge in [-0.3, -0.25) is 13.8 Å². The molecule has 1 unspecified atom stereocenters. The minimum atomic E-state index is -1.96. The summed E-state index contributed by atoms with van der Waals surface area (Å²) < 4.78 is 35.3. The van der Waals surface area contributed by atoms with E-state index in [0.717, 1.165) is 10.7 Å². The average molecular weight is 368 g/mol. The van der Waals surface area contributed by atoms with Gasteiger partial charge in [-0.25, -0.2) is 13.6 Å². The number of nitrogens with one attached hydrogen (secondary N) is 1. The first kappa shape index (κ1) is 17.3. The number of ether oxygens (including phenoxy) is 1. The van der Waals surface area contributed by atoms with Gasteiger partial charge in [0.1, 0.15) is 23.5 Å². The van der Waals surface area contributed by atoms with Crippen LogP contribution in [0.2, 0.25) is 0 Å². The van der Waals surface area contributed by atoms with Crippen LogP contribution in [0, 0.1) is 11.7 Å². The molecular weight excluding hydrogens is 351 g/mol. The number of amides is 1. The Balaban J connectivity index is 1.98. The summed E-state index contributed by atoms with van der Waals surface area (Å²) in [4.78, 5) is 19.4. The summed E-state index contributed by atoms with van der Waals surface area (Å²) in [6, 6.07) is 1.27. The fourth-order valence-corrected chi connectivity index (χ4v) is 3.27. The lowest BCUT2D eigenvalue weighted by molar-refractivity contribution is -0.117. The minimum Gasteiger partial charge on any atom is -0.506 e. The predicted octanol–water partition coefficient (Wildman–Crippen LogP) is 1.41. The largest absolute Gasteiger partial charge is 0.506 e. The van der Waals surface area contributed by atoms with Crippen molar-refractivity contribution in [2.75, 3.05) is 17.5 Å². The smallest absolute Gasteiger partial charge is 0.317 e. The van der Waals surface area contributed by atoms with Gasteiger partial charge < -0.3 is 9.84 Å². The molecule has 1 aromatic heterocycles. The van der Waals surface area contributed by atoms with E-state index in [-0.39, 0.29) is 29.1 Å². The number of phenols is 1. The highest BCUT2D eigenvalue weighted by Crippen LogP contribution is 2.37. The number of benzene rings is 1. The third-order valence-corrected chi connectivity index (χ3v) is 4.72. The zero-order valence-corrected chi connectivity index (χ0v) is 14.5. The van der Waals surface area contributed by atoms with Crippen molar-refractivity contribution in [2.45, 2.75) is 20.3 Å². The summed E-state index contributed by atoms with van der Waals surface area (Å²) in [5.74, 6) is -1.43. The van der Waals surface area contributed by atoms with Crippen LogP contribution < -0.4 is 13.8 Å². The van der Waals surface area contributed by atoms with E-state index >= 15 is 0 Å². The molecule has 1 amide bonds. The van der Waals surface area contributed by atoms with Gasteiger partial charge in [-0.2, -0.15) is 4.98 Å². The van der Waals surface area contributed by atoms with Gasteiger partial charge in [0.05, 0.1) is 6.61 Å². The van der Waals surface area contributed by atoms with Crippen molar-refractivity contribution in [2.24, 2.45) is 5.92 Å². The maximum absolute atomic E-state index is 14.9.